The second-order valence-corrected chi connectivity index (χ2v) is 11.5. The Hall–Kier alpha value is -5.42. The number of methoxy groups -OCH3 is 2. The van der Waals surface area contributed by atoms with Gasteiger partial charge in [0.2, 0.25) is 5.95 Å². The van der Waals surface area contributed by atoms with Crippen molar-refractivity contribution in [2.45, 2.75) is 20.1 Å². The van der Waals surface area contributed by atoms with E-state index in [0.29, 0.717) is 30.7 Å². The first-order chi connectivity index (χ1) is 23.5. The summed E-state index contributed by atoms with van der Waals surface area (Å²) in [5.74, 6) is 3.05. The fourth-order valence-corrected chi connectivity index (χ4v) is 5.51. The van der Waals surface area contributed by atoms with Gasteiger partial charge in [0.15, 0.2) is 5.82 Å². The first-order valence-electron chi connectivity index (χ1n) is 15.9. The molecule has 6 rings (SSSR count). The summed E-state index contributed by atoms with van der Waals surface area (Å²) in [5, 5.41) is 7.88. The van der Waals surface area contributed by atoms with Gasteiger partial charge in [0, 0.05) is 74.9 Å². The second kappa shape index (κ2) is 15.4. The van der Waals surface area contributed by atoms with Gasteiger partial charge in [-0.1, -0.05) is 36.4 Å². The highest BCUT2D eigenvalue weighted by Gasteiger charge is 2.18. The molecule has 48 heavy (non-hydrogen) atoms. The largest absolute Gasteiger partial charge is 0.497 e. The van der Waals surface area contributed by atoms with E-state index < -0.39 is 0 Å². The maximum atomic E-state index is 14.5. The van der Waals surface area contributed by atoms with Crippen molar-refractivity contribution >= 4 is 17.7 Å². The van der Waals surface area contributed by atoms with Gasteiger partial charge in [-0.3, -0.25) is 4.90 Å². The molecule has 0 bridgehead atoms. The Bertz CT molecular complexity index is 1820. The zero-order valence-corrected chi connectivity index (χ0v) is 27.5. The predicted octanol–water partition coefficient (Wildman–Crippen LogP) is 6.15. The Kier molecular flexibility index (Phi) is 10.5. The van der Waals surface area contributed by atoms with Gasteiger partial charge < -0.3 is 24.4 Å². The molecule has 248 valence electrons. The second-order valence-electron chi connectivity index (χ2n) is 11.5. The van der Waals surface area contributed by atoms with Crippen LogP contribution in [0.4, 0.5) is 16.0 Å². The van der Waals surface area contributed by atoms with E-state index in [4.69, 9.17) is 14.2 Å². The summed E-state index contributed by atoms with van der Waals surface area (Å²) in [6.45, 7) is 7.13. The molecule has 1 aliphatic heterocycles. The molecule has 0 saturated carbocycles. The maximum absolute atomic E-state index is 14.5. The summed E-state index contributed by atoms with van der Waals surface area (Å²) in [5.41, 5.74) is 4.95. The van der Waals surface area contributed by atoms with E-state index in [9.17, 15) is 4.39 Å². The summed E-state index contributed by atoms with van der Waals surface area (Å²) in [4.78, 5) is 13.6. The van der Waals surface area contributed by atoms with Crippen molar-refractivity contribution in [2.24, 2.45) is 0 Å². The average Bonchev–Trinajstić information content (AvgIpc) is 3.50. The number of nitrogens with zero attached hydrogens (tertiary/aromatic N) is 6. The van der Waals surface area contributed by atoms with Crippen molar-refractivity contribution in [3.05, 3.63) is 119 Å². The van der Waals surface area contributed by atoms with Crippen molar-refractivity contribution < 1.29 is 18.6 Å². The van der Waals surface area contributed by atoms with E-state index in [-0.39, 0.29) is 5.82 Å². The molecular weight excluding hydrogens is 609 g/mol. The van der Waals surface area contributed by atoms with Crippen molar-refractivity contribution in [3.63, 3.8) is 0 Å². The minimum atomic E-state index is -0.304. The third-order valence-corrected chi connectivity index (χ3v) is 8.33. The maximum Gasteiger partial charge on any atom is 0.224 e. The van der Waals surface area contributed by atoms with Crippen LogP contribution < -0.4 is 24.4 Å². The number of hydrogen-bond acceptors (Lipinski definition) is 9. The number of ether oxygens (including phenoxy) is 3. The molecule has 10 nitrogen and oxygen atoms in total. The molecule has 0 spiro atoms. The van der Waals surface area contributed by atoms with Gasteiger partial charge in [0.1, 0.15) is 29.7 Å². The zero-order valence-electron chi connectivity index (χ0n) is 27.5. The summed E-state index contributed by atoms with van der Waals surface area (Å²) in [7, 11) is 3.29. The number of halogens is 1. The molecule has 0 aliphatic carbocycles. The van der Waals surface area contributed by atoms with E-state index in [0.717, 1.165) is 72.3 Å². The van der Waals surface area contributed by atoms with Gasteiger partial charge in [-0.2, -0.15) is 10.1 Å². The van der Waals surface area contributed by atoms with Gasteiger partial charge in [-0.05, 0) is 48.4 Å². The fraction of sp³-hybridized carbons (Fsp3) is 0.270. The number of benzene rings is 3. The molecule has 1 saturated heterocycles. The third kappa shape index (κ3) is 8.29. The highest BCUT2D eigenvalue weighted by molar-refractivity contribution is 5.53. The molecule has 3 heterocycles. The average molecular weight is 650 g/mol. The van der Waals surface area contributed by atoms with Crippen molar-refractivity contribution in [2.75, 3.05) is 57.2 Å². The normalized spacial score (nSPS) is 13.5. The van der Waals surface area contributed by atoms with E-state index in [1.54, 1.807) is 26.5 Å². The van der Waals surface area contributed by atoms with Crippen LogP contribution in [0.15, 0.2) is 91.3 Å². The van der Waals surface area contributed by atoms with Crippen LogP contribution in [0.1, 0.15) is 22.4 Å². The summed E-state index contributed by atoms with van der Waals surface area (Å²) in [6.07, 6.45) is 7.86. The van der Waals surface area contributed by atoms with Crippen LogP contribution in [0.25, 0.3) is 11.9 Å². The summed E-state index contributed by atoms with van der Waals surface area (Å²) in [6, 6.07) is 22.3. The standard InChI is InChI=1S/C37H40FN7O3/c1-27-30(25-41-45(27)36-14-15-39-37(42-36)40-24-28-6-10-33(46-2)11-7-28)5-4-16-43-17-19-44(20-18-43)32-21-31(38)22-35(23-32)48-26-29-8-12-34(47-3)13-9-29/h4-15,21-23,25H,16-20,24,26H2,1-3H3,(H,39,40,42)/b5-4+. The van der Waals surface area contributed by atoms with Gasteiger partial charge in [-0.25, -0.2) is 14.1 Å². The van der Waals surface area contributed by atoms with Crippen LogP contribution in [0, 0.1) is 12.7 Å². The molecule has 0 radical (unpaired) electrons. The Morgan fingerprint density at radius 3 is 2.27 bits per heavy atom. The minimum Gasteiger partial charge on any atom is -0.497 e. The van der Waals surface area contributed by atoms with Crippen molar-refractivity contribution in [1.29, 1.82) is 0 Å². The van der Waals surface area contributed by atoms with Crippen molar-refractivity contribution in [3.8, 4) is 23.1 Å². The molecule has 0 amide bonds. The zero-order chi connectivity index (χ0) is 33.3. The third-order valence-electron chi connectivity index (χ3n) is 8.33. The molecule has 3 aromatic carbocycles. The smallest absolute Gasteiger partial charge is 0.224 e. The molecule has 0 atom stereocenters. The Morgan fingerprint density at radius 2 is 1.56 bits per heavy atom. The summed E-state index contributed by atoms with van der Waals surface area (Å²) < 4.78 is 32.7. The fourth-order valence-electron chi connectivity index (χ4n) is 5.51. The van der Waals surface area contributed by atoms with Gasteiger partial charge >= 0.3 is 0 Å². The molecular formula is C37H40FN7O3. The molecule has 11 heteroatoms. The van der Waals surface area contributed by atoms with Crippen LogP contribution in [-0.2, 0) is 13.2 Å². The SMILES string of the molecule is COc1ccc(CNc2nccc(-n3ncc(/C=C/CN4CCN(c5cc(F)cc(OCc6ccc(OC)cc6)c5)CC4)c3C)n2)cc1. The number of hydrogen-bond donors (Lipinski definition) is 1. The van der Waals surface area contributed by atoms with Crippen LogP contribution in [0.3, 0.4) is 0 Å². The highest BCUT2D eigenvalue weighted by atomic mass is 19.1. The Labute approximate surface area is 280 Å². The minimum absolute atomic E-state index is 0.304. The first-order valence-corrected chi connectivity index (χ1v) is 15.9. The lowest BCUT2D eigenvalue weighted by Crippen LogP contribution is -2.46. The Morgan fingerprint density at radius 1 is 0.854 bits per heavy atom. The number of rotatable bonds is 13. The predicted molar refractivity (Wildman–Crippen MR) is 186 cm³/mol. The van der Waals surface area contributed by atoms with Crippen LogP contribution >= 0.6 is 0 Å². The highest BCUT2D eigenvalue weighted by Crippen LogP contribution is 2.26. The molecule has 1 aliphatic rings. The number of nitrogens with one attached hydrogen (secondary N) is 1. The lowest BCUT2D eigenvalue weighted by Gasteiger charge is -2.35. The quantitative estimate of drug-likeness (QED) is 0.161. The number of aromatic nitrogens is 4. The van der Waals surface area contributed by atoms with Gasteiger partial charge in [-0.15, -0.1) is 0 Å². The van der Waals surface area contributed by atoms with E-state index in [2.05, 4.69) is 42.3 Å². The molecule has 1 fully saturated rings. The lowest BCUT2D eigenvalue weighted by atomic mass is 10.2. The molecule has 1 N–H and O–H groups in total. The van der Waals surface area contributed by atoms with Crippen molar-refractivity contribution in [1.82, 2.24) is 24.6 Å². The van der Waals surface area contributed by atoms with Gasteiger partial charge in [0.25, 0.3) is 0 Å². The molecule has 2 aromatic heterocycles. The topological polar surface area (TPSA) is 89.8 Å². The van der Waals surface area contributed by atoms with Crippen LogP contribution in [0.2, 0.25) is 0 Å². The molecule has 0 unspecified atom stereocenters. The first kappa shape index (κ1) is 32.5. The monoisotopic (exact) mass is 649 g/mol. The lowest BCUT2D eigenvalue weighted by molar-refractivity contribution is 0.283. The van der Waals surface area contributed by atoms with Gasteiger partial charge in [0.05, 0.1) is 26.1 Å². The van der Waals surface area contributed by atoms with Crippen LogP contribution in [0.5, 0.6) is 17.2 Å². The van der Waals surface area contributed by atoms with E-state index >= 15 is 0 Å². The number of anilines is 2. The van der Waals surface area contributed by atoms with Crippen LogP contribution in [-0.4, -0.2) is 71.6 Å². The van der Waals surface area contributed by atoms with E-state index in [1.807, 2.05) is 78.5 Å². The Balaban J connectivity index is 0.992. The molecule has 5 aromatic rings. The van der Waals surface area contributed by atoms with E-state index in [1.165, 1.54) is 6.07 Å². The summed E-state index contributed by atoms with van der Waals surface area (Å²) >= 11 is 0. The number of piperazine rings is 1.